The van der Waals surface area contributed by atoms with Crippen LogP contribution in [0.1, 0.15) is 10.4 Å². The molecule has 0 radical (unpaired) electrons. The summed E-state index contributed by atoms with van der Waals surface area (Å²) in [7, 11) is 0. The lowest BCUT2D eigenvalue weighted by Gasteiger charge is -2.06. The Morgan fingerprint density at radius 1 is 1.24 bits per heavy atom. The van der Waals surface area contributed by atoms with E-state index in [0.29, 0.717) is 21.6 Å². The predicted octanol–water partition coefficient (Wildman–Crippen LogP) is 2.04. The van der Waals surface area contributed by atoms with Gasteiger partial charge in [-0.05, 0) is 56.7 Å². The molecule has 0 aliphatic carbocycles. The minimum atomic E-state index is -0.487. The Morgan fingerprint density at radius 3 is 2.90 bits per heavy atom. The number of benzene rings is 1. The van der Waals surface area contributed by atoms with Crippen LogP contribution in [0.5, 0.6) is 5.75 Å². The molecule has 21 heavy (non-hydrogen) atoms. The largest absolute Gasteiger partial charge is 0.420 e. The molecule has 0 N–H and O–H groups in total. The van der Waals surface area contributed by atoms with Gasteiger partial charge in [0.05, 0.1) is 11.3 Å². The first-order valence-electron chi connectivity index (χ1n) is 5.90. The van der Waals surface area contributed by atoms with Crippen molar-refractivity contribution in [2.75, 3.05) is 0 Å². The highest BCUT2D eigenvalue weighted by Crippen LogP contribution is 2.22. The lowest BCUT2D eigenvalue weighted by molar-refractivity contribution is 0.0732. The van der Waals surface area contributed by atoms with Gasteiger partial charge in [0.15, 0.2) is 5.75 Å². The van der Waals surface area contributed by atoms with E-state index in [1.807, 2.05) is 0 Å². The van der Waals surface area contributed by atoms with E-state index >= 15 is 0 Å². The molecule has 0 saturated carbocycles. The molecule has 0 amide bonds. The summed E-state index contributed by atoms with van der Waals surface area (Å²) in [6, 6.07) is 10.1. The fourth-order valence-electron chi connectivity index (χ4n) is 1.66. The monoisotopic (exact) mass is 345 g/mol. The zero-order valence-corrected chi connectivity index (χ0v) is 12.1. The maximum Gasteiger partial charge on any atom is 0.343 e. The molecule has 0 bridgehead atoms. The van der Waals surface area contributed by atoms with Crippen molar-refractivity contribution in [2.24, 2.45) is 0 Å². The van der Waals surface area contributed by atoms with Gasteiger partial charge in [0.1, 0.15) is 10.9 Å². The quantitative estimate of drug-likeness (QED) is 0.533. The molecule has 0 saturated heterocycles. The number of carbonyl (C=O) groups is 1. The summed E-state index contributed by atoms with van der Waals surface area (Å²) in [4.78, 5) is 16.1. The summed E-state index contributed by atoms with van der Waals surface area (Å²) < 4.78 is 7.22. The topological polar surface area (TPSA) is 82.8 Å². The van der Waals surface area contributed by atoms with Gasteiger partial charge in [-0.3, -0.25) is 0 Å². The van der Waals surface area contributed by atoms with E-state index in [1.54, 1.807) is 42.6 Å². The second-order valence-electron chi connectivity index (χ2n) is 3.99. The van der Waals surface area contributed by atoms with E-state index < -0.39 is 5.97 Å². The van der Waals surface area contributed by atoms with Crippen LogP contribution < -0.4 is 4.74 Å². The van der Waals surface area contributed by atoms with Gasteiger partial charge in [-0.15, -0.1) is 5.10 Å². The standard InChI is InChI=1S/C13H8BrN5O2/c14-12-11(5-2-6-15-12)21-13(20)9-3-1-4-10(7-9)19-8-16-17-18-19/h1-8H. The summed E-state index contributed by atoms with van der Waals surface area (Å²) in [6.07, 6.45) is 3.04. The van der Waals surface area contributed by atoms with Crippen molar-refractivity contribution < 1.29 is 9.53 Å². The van der Waals surface area contributed by atoms with E-state index in [4.69, 9.17) is 4.74 Å². The first kappa shape index (κ1) is 13.4. The molecule has 0 spiro atoms. The van der Waals surface area contributed by atoms with E-state index in [1.165, 1.54) is 11.0 Å². The van der Waals surface area contributed by atoms with Crippen LogP contribution in [0.4, 0.5) is 0 Å². The number of carbonyl (C=O) groups excluding carboxylic acids is 1. The Labute approximate surface area is 127 Å². The van der Waals surface area contributed by atoms with Crippen molar-refractivity contribution in [1.82, 2.24) is 25.2 Å². The summed E-state index contributed by atoms with van der Waals surface area (Å²) in [6.45, 7) is 0. The molecule has 0 unspecified atom stereocenters. The van der Waals surface area contributed by atoms with E-state index in [-0.39, 0.29) is 0 Å². The first-order chi connectivity index (χ1) is 10.2. The lowest BCUT2D eigenvalue weighted by Crippen LogP contribution is -2.10. The number of pyridine rings is 1. The second kappa shape index (κ2) is 5.80. The van der Waals surface area contributed by atoms with Crippen molar-refractivity contribution in [3.05, 3.63) is 59.1 Å². The number of esters is 1. The molecule has 0 aliphatic heterocycles. The third-order valence-electron chi connectivity index (χ3n) is 2.62. The van der Waals surface area contributed by atoms with Gasteiger partial charge in [-0.25, -0.2) is 14.5 Å². The Balaban J connectivity index is 1.85. The second-order valence-corrected chi connectivity index (χ2v) is 4.74. The van der Waals surface area contributed by atoms with Crippen LogP contribution in [0.2, 0.25) is 0 Å². The van der Waals surface area contributed by atoms with Crippen molar-refractivity contribution in [1.29, 1.82) is 0 Å². The first-order valence-corrected chi connectivity index (χ1v) is 6.69. The molecule has 0 fully saturated rings. The fourth-order valence-corrected chi connectivity index (χ4v) is 1.99. The third-order valence-corrected chi connectivity index (χ3v) is 3.22. The zero-order valence-electron chi connectivity index (χ0n) is 10.5. The van der Waals surface area contributed by atoms with Crippen LogP contribution in [-0.2, 0) is 0 Å². The van der Waals surface area contributed by atoms with Crippen molar-refractivity contribution in [2.45, 2.75) is 0 Å². The molecule has 3 rings (SSSR count). The average molecular weight is 346 g/mol. The van der Waals surface area contributed by atoms with Crippen LogP contribution in [0.3, 0.4) is 0 Å². The highest BCUT2D eigenvalue weighted by Gasteiger charge is 2.12. The number of hydrogen-bond acceptors (Lipinski definition) is 6. The minimum Gasteiger partial charge on any atom is -0.420 e. The number of rotatable bonds is 3. The van der Waals surface area contributed by atoms with E-state index in [2.05, 4.69) is 36.4 Å². The van der Waals surface area contributed by atoms with Gasteiger partial charge < -0.3 is 4.74 Å². The zero-order chi connectivity index (χ0) is 14.7. The molecule has 104 valence electrons. The fraction of sp³-hybridized carbons (Fsp3) is 0. The summed E-state index contributed by atoms with van der Waals surface area (Å²) >= 11 is 3.22. The SMILES string of the molecule is O=C(Oc1cccnc1Br)c1cccc(-n2cnnn2)c1. The Morgan fingerprint density at radius 2 is 2.14 bits per heavy atom. The van der Waals surface area contributed by atoms with Crippen LogP contribution in [-0.4, -0.2) is 31.2 Å². The Hall–Kier alpha value is -2.61. The van der Waals surface area contributed by atoms with Gasteiger partial charge >= 0.3 is 5.97 Å². The molecule has 8 heteroatoms. The molecule has 2 heterocycles. The molecule has 0 atom stereocenters. The Bertz CT molecular complexity index is 776. The number of tetrazole rings is 1. The maximum atomic E-state index is 12.2. The van der Waals surface area contributed by atoms with Gasteiger partial charge in [0.25, 0.3) is 0 Å². The molecule has 0 aliphatic rings. The highest BCUT2D eigenvalue weighted by molar-refractivity contribution is 9.10. The van der Waals surface area contributed by atoms with Crippen LogP contribution in [0.15, 0.2) is 53.5 Å². The summed E-state index contributed by atoms with van der Waals surface area (Å²) in [5.74, 6) is -0.131. The van der Waals surface area contributed by atoms with E-state index in [9.17, 15) is 4.79 Å². The van der Waals surface area contributed by atoms with E-state index in [0.717, 1.165) is 0 Å². The maximum absolute atomic E-state index is 12.2. The smallest absolute Gasteiger partial charge is 0.343 e. The van der Waals surface area contributed by atoms with Crippen LogP contribution in [0.25, 0.3) is 5.69 Å². The van der Waals surface area contributed by atoms with Crippen molar-refractivity contribution in [3.8, 4) is 11.4 Å². The number of hydrogen-bond donors (Lipinski definition) is 0. The summed E-state index contributed by atoms with van der Waals surface area (Å²) in [5.41, 5.74) is 1.05. The molecule has 1 aromatic carbocycles. The normalized spacial score (nSPS) is 10.3. The van der Waals surface area contributed by atoms with Gasteiger partial charge in [-0.1, -0.05) is 6.07 Å². The predicted molar refractivity (Wildman–Crippen MR) is 76.0 cm³/mol. The molecular formula is C13H8BrN5O2. The minimum absolute atomic E-state index is 0.357. The average Bonchev–Trinajstić information content (AvgIpc) is 3.04. The number of halogens is 1. The van der Waals surface area contributed by atoms with Gasteiger partial charge in [0, 0.05) is 6.20 Å². The summed E-state index contributed by atoms with van der Waals surface area (Å²) in [5, 5.41) is 10.9. The van der Waals surface area contributed by atoms with Gasteiger partial charge in [-0.2, -0.15) is 0 Å². The van der Waals surface area contributed by atoms with Crippen LogP contribution >= 0.6 is 15.9 Å². The number of nitrogens with zero attached hydrogens (tertiary/aromatic N) is 5. The van der Waals surface area contributed by atoms with Crippen molar-refractivity contribution >= 4 is 21.9 Å². The number of aromatic nitrogens is 5. The highest BCUT2D eigenvalue weighted by atomic mass is 79.9. The lowest BCUT2D eigenvalue weighted by atomic mass is 10.2. The Kier molecular flexibility index (Phi) is 3.69. The number of ether oxygens (including phenoxy) is 1. The van der Waals surface area contributed by atoms with Gasteiger partial charge in [0.2, 0.25) is 0 Å². The van der Waals surface area contributed by atoms with Crippen LogP contribution in [0, 0.1) is 0 Å². The molecule has 3 aromatic rings. The van der Waals surface area contributed by atoms with Crippen molar-refractivity contribution in [3.63, 3.8) is 0 Å². The molecule has 2 aromatic heterocycles. The molecular weight excluding hydrogens is 338 g/mol. The molecule has 7 nitrogen and oxygen atoms in total. The third kappa shape index (κ3) is 2.95.